The summed E-state index contributed by atoms with van der Waals surface area (Å²) in [6.45, 7) is 5.45. The van der Waals surface area contributed by atoms with Crippen molar-refractivity contribution < 1.29 is 8.42 Å². The van der Waals surface area contributed by atoms with E-state index >= 15 is 0 Å². The lowest BCUT2D eigenvalue weighted by molar-refractivity contribution is 0.428. The molecule has 0 radical (unpaired) electrons. The monoisotopic (exact) mass is 299 g/mol. The van der Waals surface area contributed by atoms with Gasteiger partial charge in [-0.3, -0.25) is 0 Å². The van der Waals surface area contributed by atoms with Crippen molar-refractivity contribution in [2.45, 2.75) is 50.6 Å². The minimum Gasteiger partial charge on any atom is -0.363 e. The minimum atomic E-state index is -3.36. The second kappa shape index (κ2) is 6.28. The van der Waals surface area contributed by atoms with Crippen molar-refractivity contribution in [1.82, 2.24) is 14.6 Å². The maximum Gasteiger partial charge on any atom is 0.244 e. The molecule has 2 rings (SSSR count). The summed E-state index contributed by atoms with van der Waals surface area (Å²) in [6, 6.07) is 2.35. The summed E-state index contributed by atoms with van der Waals surface area (Å²) >= 11 is 0. The van der Waals surface area contributed by atoms with Crippen molar-refractivity contribution in [1.29, 1.82) is 0 Å². The molecule has 0 aromatic carbocycles. The summed E-state index contributed by atoms with van der Waals surface area (Å²) in [7, 11) is -1.72. The molecule has 114 valence electrons. The molecular formula is C14H25N3O2S. The molecule has 0 atom stereocenters. The fraction of sp³-hybridized carbons (Fsp3) is 0.714. The van der Waals surface area contributed by atoms with Gasteiger partial charge in [-0.25, -0.2) is 12.7 Å². The fourth-order valence-electron chi connectivity index (χ4n) is 1.95. The van der Waals surface area contributed by atoms with Crippen LogP contribution in [0.2, 0.25) is 0 Å². The molecule has 0 unspecified atom stereocenters. The summed E-state index contributed by atoms with van der Waals surface area (Å²) in [5.74, 6) is 0.497. The second-order valence-electron chi connectivity index (χ2n) is 6.02. The van der Waals surface area contributed by atoms with Gasteiger partial charge in [0, 0.05) is 38.1 Å². The average Bonchev–Trinajstić information content (AvgIpc) is 3.09. The zero-order valence-electron chi connectivity index (χ0n) is 12.5. The van der Waals surface area contributed by atoms with E-state index < -0.39 is 10.0 Å². The van der Waals surface area contributed by atoms with Crippen LogP contribution in [0.5, 0.6) is 0 Å². The molecule has 2 N–H and O–H groups in total. The van der Waals surface area contributed by atoms with E-state index in [4.69, 9.17) is 0 Å². The third-order valence-electron chi connectivity index (χ3n) is 3.60. The highest BCUT2D eigenvalue weighted by Crippen LogP contribution is 2.20. The standard InChI is InChI=1S/C14H25N3O2S/c1-11(2)6-7-17(3)20(18,19)14-8-13(16-10-14)9-15-12-4-5-12/h8,10-12,15-16H,4-7,9H2,1-3H3. The lowest BCUT2D eigenvalue weighted by atomic mass is 10.1. The Bertz CT molecular complexity index is 532. The number of nitrogens with one attached hydrogen (secondary N) is 2. The van der Waals surface area contributed by atoms with E-state index in [1.807, 2.05) is 0 Å². The summed E-state index contributed by atoms with van der Waals surface area (Å²) in [6.07, 6.45) is 4.91. The first-order valence-corrected chi connectivity index (χ1v) is 8.70. The van der Waals surface area contributed by atoms with Gasteiger partial charge >= 0.3 is 0 Å². The average molecular weight is 299 g/mol. The van der Waals surface area contributed by atoms with Crippen LogP contribution in [0.15, 0.2) is 17.2 Å². The predicted octanol–water partition coefficient (Wildman–Crippen LogP) is 1.93. The van der Waals surface area contributed by atoms with Crippen LogP contribution < -0.4 is 5.32 Å². The Hall–Kier alpha value is -0.850. The van der Waals surface area contributed by atoms with Crippen LogP contribution in [0.1, 0.15) is 38.8 Å². The highest BCUT2D eigenvalue weighted by molar-refractivity contribution is 7.89. The highest BCUT2D eigenvalue weighted by atomic mass is 32.2. The van der Waals surface area contributed by atoms with E-state index in [-0.39, 0.29) is 0 Å². The quantitative estimate of drug-likeness (QED) is 0.771. The number of aromatic amines is 1. The van der Waals surface area contributed by atoms with Gasteiger partial charge in [0.2, 0.25) is 10.0 Å². The van der Waals surface area contributed by atoms with Crippen molar-refractivity contribution in [3.05, 3.63) is 18.0 Å². The molecule has 0 saturated heterocycles. The van der Waals surface area contributed by atoms with Crippen molar-refractivity contribution in [2.75, 3.05) is 13.6 Å². The van der Waals surface area contributed by atoms with Gasteiger partial charge in [-0.05, 0) is 31.2 Å². The Morgan fingerprint density at radius 1 is 1.45 bits per heavy atom. The molecular weight excluding hydrogens is 274 g/mol. The predicted molar refractivity (Wildman–Crippen MR) is 79.9 cm³/mol. The molecule has 0 bridgehead atoms. The SMILES string of the molecule is CC(C)CCN(C)S(=O)(=O)c1c[nH]c(CNC2CC2)c1. The molecule has 1 saturated carbocycles. The number of aromatic nitrogens is 1. The van der Waals surface area contributed by atoms with E-state index in [1.165, 1.54) is 17.1 Å². The molecule has 6 heteroatoms. The summed E-state index contributed by atoms with van der Waals surface area (Å²) in [5, 5.41) is 3.37. The first-order valence-electron chi connectivity index (χ1n) is 7.26. The smallest absolute Gasteiger partial charge is 0.244 e. The molecule has 1 fully saturated rings. The van der Waals surface area contributed by atoms with Gasteiger partial charge in [-0.15, -0.1) is 0 Å². The molecule has 1 aromatic rings. The van der Waals surface area contributed by atoms with Crippen LogP contribution >= 0.6 is 0 Å². The Morgan fingerprint density at radius 3 is 2.75 bits per heavy atom. The van der Waals surface area contributed by atoms with Crippen molar-refractivity contribution in [3.8, 4) is 0 Å². The van der Waals surface area contributed by atoms with Crippen LogP contribution in [-0.4, -0.2) is 37.3 Å². The largest absolute Gasteiger partial charge is 0.363 e. The van der Waals surface area contributed by atoms with Crippen LogP contribution in [0.3, 0.4) is 0 Å². The fourth-order valence-corrected chi connectivity index (χ4v) is 3.16. The Kier molecular flexibility index (Phi) is 4.88. The van der Waals surface area contributed by atoms with E-state index in [0.29, 0.717) is 29.9 Å². The molecule has 20 heavy (non-hydrogen) atoms. The Morgan fingerprint density at radius 2 is 2.15 bits per heavy atom. The van der Waals surface area contributed by atoms with Crippen molar-refractivity contribution in [2.24, 2.45) is 5.92 Å². The van der Waals surface area contributed by atoms with Gasteiger partial charge in [-0.2, -0.15) is 0 Å². The highest BCUT2D eigenvalue weighted by Gasteiger charge is 2.23. The normalized spacial score (nSPS) is 16.2. The molecule has 0 amide bonds. The molecule has 1 aliphatic rings. The van der Waals surface area contributed by atoms with E-state index in [2.05, 4.69) is 24.1 Å². The zero-order valence-corrected chi connectivity index (χ0v) is 13.3. The second-order valence-corrected chi connectivity index (χ2v) is 8.07. The van der Waals surface area contributed by atoms with Crippen molar-refractivity contribution >= 4 is 10.0 Å². The number of sulfonamides is 1. The maximum absolute atomic E-state index is 12.4. The first-order chi connectivity index (χ1) is 9.39. The molecule has 0 spiro atoms. The molecule has 5 nitrogen and oxygen atoms in total. The van der Waals surface area contributed by atoms with Gasteiger partial charge in [0.15, 0.2) is 0 Å². The molecule has 1 aromatic heterocycles. The van der Waals surface area contributed by atoms with Gasteiger partial charge in [0.1, 0.15) is 0 Å². The third kappa shape index (κ3) is 4.07. The summed E-state index contributed by atoms with van der Waals surface area (Å²) < 4.78 is 26.2. The topological polar surface area (TPSA) is 65.2 Å². The lowest BCUT2D eigenvalue weighted by Gasteiger charge is -2.17. The van der Waals surface area contributed by atoms with Crippen LogP contribution in [0.4, 0.5) is 0 Å². The number of hydrogen-bond acceptors (Lipinski definition) is 3. The summed E-state index contributed by atoms with van der Waals surface area (Å²) in [4.78, 5) is 3.40. The van der Waals surface area contributed by atoms with Gasteiger partial charge in [-0.1, -0.05) is 13.8 Å². The lowest BCUT2D eigenvalue weighted by Crippen LogP contribution is -2.28. The molecule has 0 aliphatic heterocycles. The number of rotatable bonds is 8. The van der Waals surface area contributed by atoms with Crippen LogP contribution in [0, 0.1) is 5.92 Å². The summed E-state index contributed by atoms with van der Waals surface area (Å²) in [5.41, 5.74) is 0.924. The van der Waals surface area contributed by atoms with Gasteiger partial charge < -0.3 is 10.3 Å². The zero-order chi connectivity index (χ0) is 14.8. The molecule has 1 aliphatic carbocycles. The van der Waals surface area contributed by atoms with E-state index in [1.54, 1.807) is 19.3 Å². The van der Waals surface area contributed by atoms with Gasteiger partial charge in [0.25, 0.3) is 0 Å². The van der Waals surface area contributed by atoms with Gasteiger partial charge in [0.05, 0.1) is 4.90 Å². The maximum atomic E-state index is 12.4. The van der Waals surface area contributed by atoms with E-state index in [9.17, 15) is 8.42 Å². The Balaban J connectivity index is 1.96. The Labute approximate surface area is 121 Å². The number of hydrogen-bond donors (Lipinski definition) is 2. The minimum absolute atomic E-state index is 0.358. The number of H-pyrrole nitrogens is 1. The molecule has 1 heterocycles. The third-order valence-corrected chi connectivity index (χ3v) is 5.44. The first kappa shape index (κ1) is 15.5. The number of nitrogens with zero attached hydrogens (tertiary/aromatic N) is 1. The van der Waals surface area contributed by atoms with E-state index in [0.717, 1.165) is 12.1 Å². The van der Waals surface area contributed by atoms with Crippen LogP contribution in [-0.2, 0) is 16.6 Å². The van der Waals surface area contributed by atoms with Crippen molar-refractivity contribution in [3.63, 3.8) is 0 Å². The van der Waals surface area contributed by atoms with Crippen LogP contribution in [0.25, 0.3) is 0 Å².